The predicted molar refractivity (Wildman–Crippen MR) is 118 cm³/mol. The van der Waals surface area contributed by atoms with Crippen molar-refractivity contribution in [3.8, 4) is 11.4 Å². The molecular formula is C24H18FN3OS. The minimum Gasteiger partial charge on any atom is -0.508 e. The lowest BCUT2D eigenvalue weighted by Crippen LogP contribution is -2.09. The summed E-state index contributed by atoms with van der Waals surface area (Å²) in [6.45, 7) is 1.97. The zero-order chi connectivity index (χ0) is 20.7. The Morgan fingerprint density at radius 1 is 0.933 bits per heavy atom. The summed E-state index contributed by atoms with van der Waals surface area (Å²) in [5.41, 5.74) is 4.74. The standard InChI is InChI=1S/C24H18FN3OS/c1-15-21-22(16-7-13-20(29)14-8-16)30-24(17-5-3-2-4-6-17)26-23(21)28(27-15)19-11-9-18(25)10-12-19/h2-14,22,29H,1H3/t22-/m0/s1. The zero-order valence-electron chi connectivity index (χ0n) is 16.2. The van der Waals surface area contributed by atoms with Crippen molar-refractivity contribution < 1.29 is 9.50 Å². The van der Waals surface area contributed by atoms with Crippen LogP contribution in [-0.4, -0.2) is 19.9 Å². The van der Waals surface area contributed by atoms with E-state index in [1.54, 1.807) is 40.7 Å². The van der Waals surface area contributed by atoms with Crippen LogP contribution in [-0.2, 0) is 0 Å². The summed E-state index contributed by atoms with van der Waals surface area (Å²) in [7, 11) is 0. The van der Waals surface area contributed by atoms with Gasteiger partial charge in [0.25, 0.3) is 0 Å². The van der Waals surface area contributed by atoms with Crippen LogP contribution in [0.15, 0.2) is 83.9 Å². The molecular weight excluding hydrogens is 397 g/mol. The molecule has 0 unspecified atom stereocenters. The molecule has 0 bridgehead atoms. The van der Waals surface area contributed by atoms with E-state index in [1.807, 2.05) is 49.4 Å². The first kappa shape index (κ1) is 18.6. The lowest BCUT2D eigenvalue weighted by molar-refractivity contribution is 0.475. The lowest BCUT2D eigenvalue weighted by Gasteiger charge is -2.23. The van der Waals surface area contributed by atoms with Crippen molar-refractivity contribution in [2.75, 3.05) is 0 Å². The van der Waals surface area contributed by atoms with Crippen molar-refractivity contribution in [2.24, 2.45) is 4.99 Å². The second-order valence-corrected chi connectivity index (χ2v) is 8.18. The second kappa shape index (κ2) is 7.46. The normalized spacial score (nSPS) is 15.5. The molecule has 4 aromatic rings. The maximum absolute atomic E-state index is 13.5. The second-order valence-electron chi connectivity index (χ2n) is 7.08. The van der Waals surface area contributed by atoms with Gasteiger partial charge in [-0.1, -0.05) is 54.2 Å². The van der Waals surface area contributed by atoms with E-state index in [1.165, 1.54) is 12.1 Å². The van der Waals surface area contributed by atoms with Gasteiger partial charge in [0.1, 0.15) is 16.6 Å². The Morgan fingerprint density at radius 3 is 2.33 bits per heavy atom. The number of aromatic nitrogens is 2. The third kappa shape index (κ3) is 3.29. The van der Waals surface area contributed by atoms with Gasteiger partial charge in [-0.05, 0) is 48.9 Å². The zero-order valence-corrected chi connectivity index (χ0v) is 17.0. The number of nitrogens with zero attached hydrogens (tertiary/aromatic N) is 3. The fourth-order valence-electron chi connectivity index (χ4n) is 3.59. The maximum atomic E-state index is 13.5. The number of rotatable bonds is 3. The third-order valence-electron chi connectivity index (χ3n) is 5.07. The van der Waals surface area contributed by atoms with Gasteiger partial charge < -0.3 is 5.11 Å². The van der Waals surface area contributed by atoms with Gasteiger partial charge in [0, 0.05) is 11.1 Å². The molecule has 0 amide bonds. The Hall–Kier alpha value is -3.38. The predicted octanol–water partition coefficient (Wildman–Crippen LogP) is 5.94. The van der Waals surface area contributed by atoms with Gasteiger partial charge in [-0.2, -0.15) is 5.10 Å². The molecule has 148 valence electrons. The molecule has 1 aliphatic heterocycles. The molecule has 1 aliphatic rings. The number of hydrogen-bond acceptors (Lipinski definition) is 4. The average molecular weight is 415 g/mol. The highest BCUT2D eigenvalue weighted by Crippen LogP contribution is 2.48. The van der Waals surface area contributed by atoms with Crippen molar-refractivity contribution in [1.29, 1.82) is 0 Å². The number of phenolic OH excluding ortho intramolecular Hbond substituents is 1. The average Bonchev–Trinajstić information content (AvgIpc) is 3.11. The summed E-state index contributed by atoms with van der Waals surface area (Å²) in [5, 5.41) is 15.3. The van der Waals surface area contributed by atoms with Crippen LogP contribution in [0.3, 0.4) is 0 Å². The smallest absolute Gasteiger partial charge is 0.161 e. The molecule has 1 N–H and O–H groups in total. The number of halogens is 1. The Labute approximate surface area is 177 Å². The van der Waals surface area contributed by atoms with Crippen molar-refractivity contribution in [2.45, 2.75) is 12.2 Å². The highest BCUT2D eigenvalue weighted by molar-refractivity contribution is 8.14. The van der Waals surface area contributed by atoms with E-state index in [0.29, 0.717) is 0 Å². The Bertz CT molecular complexity index is 1230. The van der Waals surface area contributed by atoms with E-state index in [2.05, 4.69) is 0 Å². The molecule has 1 aromatic heterocycles. The number of fused-ring (bicyclic) bond motifs is 1. The molecule has 0 radical (unpaired) electrons. The van der Waals surface area contributed by atoms with Crippen LogP contribution in [0.1, 0.15) is 27.6 Å². The first-order valence-corrected chi connectivity index (χ1v) is 10.4. The quantitative estimate of drug-likeness (QED) is 0.450. The maximum Gasteiger partial charge on any atom is 0.161 e. The highest BCUT2D eigenvalue weighted by atomic mass is 32.2. The van der Waals surface area contributed by atoms with Gasteiger partial charge in [-0.15, -0.1) is 0 Å². The van der Waals surface area contributed by atoms with Gasteiger partial charge >= 0.3 is 0 Å². The number of hydrogen-bond donors (Lipinski definition) is 1. The Morgan fingerprint density at radius 2 is 1.63 bits per heavy atom. The summed E-state index contributed by atoms with van der Waals surface area (Å²) >= 11 is 1.67. The summed E-state index contributed by atoms with van der Waals surface area (Å²) in [6, 6.07) is 23.6. The van der Waals surface area contributed by atoms with E-state index in [0.717, 1.165) is 38.9 Å². The molecule has 2 heterocycles. The van der Waals surface area contributed by atoms with E-state index >= 15 is 0 Å². The topological polar surface area (TPSA) is 50.4 Å². The van der Waals surface area contributed by atoms with Gasteiger partial charge in [0.05, 0.1) is 16.6 Å². The Kier molecular flexibility index (Phi) is 4.64. The van der Waals surface area contributed by atoms with Gasteiger partial charge in [0.15, 0.2) is 5.82 Å². The monoisotopic (exact) mass is 415 g/mol. The van der Waals surface area contributed by atoms with Crippen molar-refractivity contribution in [3.63, 3.8) is 0 Å². The van der Waals surface area contributed by atoms with Crippen LogP contribution < -0.4 is 0 Å². The molecule has 4 nitrogen and oxygen atoms in total. The van der Waals surface area contributed by atoms with Crippen LogP contribution in [0.4, 0.5) is 10.2 Å². The summed E-state index contributed by atoms with van der Waals surface area (Å²) < 4.78 is 15.2. The first-order valence-electron chi connectivity index (χ1n) is 9.55. The lowest BCUT2D eigenvalue weighted by atomic mass is 10.0. The molecule has 3 aromatic carbocycles. The van der Waals surface area contributed by atoms with Crippen molar-refractivity contribution >= 4 is 22.6 Å². The number of aliphatic imine (C=N–C) groups is 1. The van der Waals surface area contributed by atoms with E-state index in [9.17, 15) is 9.50 Å². The van der Waals surface area contributed by atoms with Gasteiger partial charge in [0.2, 0.25) is 0 Å². The van der Waals surface area contributed by atoms with Gasteiger partial charge in [-0.25, -0.2) is 14.1 Å². The van der Waals surface area contributed by atoms with Crippen molar-refractivity contribution in [1.82, 2.24) is 9.78 Å². The fraction of sp³-hybridized carbons (Fsp3) is 0.0833. The first-order chi connectivity index (χ1) is 14.6. The summed E-state index contributed by atoms with van der Waals surface area (Å²) in [4.78, 5) is 4.97. The van der Waals surface area contributed by atoms with Crippen LogP contribution in [0.5, 0.6) is 5.75 Å². The molecule has 0 fully saturated rings. The van der Waals surface area contributed by atoms with Crippen LogP contribution >= 0.6 is 11.8 Å². The number of benzene rings is 3. The Balaban J connectivity index is 1.72. The van der Waals surface area contributed by atoms with Crippen LogP contribution in [0.2, 0.25) is 0 Å². The molecule has 5 rings (SSSR count). The van der Waals surface area contributed by atoms with Crippen molar-refractivity contribution in [3.05, 3.63) is 107 Å². The van der Waals surface area contributed by atoms with Crippen LogP contribution in [0.25, 0.3) is 5.69 Å². The number of thioether (sulfide) groups is 1. The number of aryl methyl sites for hydroxylation is 1. The third-order valence-corrected chi connectivity index (χ3v) is 6.36. The molecule has 30 heavy (non-hydrogen) atoms. The molecule has 6 heteroatoms. The summed E-state index contributed by atoms with van der Waals surface area (Å²) in [6.07, 6.45) is 0. The highest BCUT2D eigenvalue weighted by Gasteiger charge is 2.31. The minimum absolute atomic E-state index is 0.0255. The molecule has 0 saturated heterocycles. The van der Waals surface area contributed by atoms with E-state index in [4.69, 9.17) is 10.1 Å². The number of aromatic hydroxyl groups is 1. The molecule has 0 aliphatic carbocycles. The largest absolute Gasteiger partial charge is 0.508 e. The van der Waals surface area contributed by atoms with E-state index in [-0.39, 0.29) is 16.8 Å². The SMILES string of the molecule is Cc1nn(-c2ccc(F)cc2)c2c1[C@H](c1ccc(O)cc1)SC(c1ccccc1)=N2. The van der Waals surface area contributed by atoms with Crippen LogP contribution in [0, 0.1) is 12.7 Å². The van der Waals surface area contributed by atoms with Gasteiger partial charge in [-0.3, -0.25) is 0 Å². The molecule has 0 saturated carbocycles. The number of phenols is 1. The van der Waals surface area contributed by atoms with E-state index < -0.39 is 0 Å². The fourth-order valence-corrected chi connectivity index (χ4v) is 4.92. The minimum atomic E-state index is -0.289. The summed E-state index contributed by atoms with van der Waals surface area (Å²) in [5.74, 6) is 0.688. The molecule has 0 spiro atoms. The molecule has 1 atom stereocenters.